The molecule has 1 aliphatic carbocycles. The van der Waals surface area contributed by atoms with Crippen molar-refractivity contribution < 1.29 is 5.11 Å². The summed E-state index contributed by atoms with van der Waals surface area (Å²) in [7, 11) is 0. The normalized spacial score (nSPS) is 22.4. The van der Waals surface area contributed by atoms with E-state index in [0.717, 1.165) is 6.42 Å². The lowest BCUT2D eigenvalue weighted by Gasteiger charge is -2.13. The molecular formula is C11H11ClN4O. The highest BCUT2D eigenvalue weighted by Gasteiger charge is 2.19. The zero-order valence-electron chi connectivity index (χ0n) is 8.97. The van der Waals surface area contributed by atoms with E-state index in [4.69, 9.17) is 22.0 Å². The molecule has 88 valence electrons. The summed E-state index contributed by atoms with van der Waals surface area (Å²) in [6.45, 7) is 0.129. The van der Waals surface area contributed by atoms with Crippen molar-refractivity contribution >= 4 is 17.4 Å². The number of hydrogen-bond donors (Lipinski definition) is 2. The predicted molar refractivity (Wildman–Crippen MR) is 63.5 cm³/mol. The van der Waals surface area contributed by atoms with Gasteiger partial charge in [-0.3, -0.25) is 0 Å². The number of nitriles is 1. The molecule has 2 N–H and O–H groups in total. The topological polar surface area (TPSA) is 81.8 Å². The van der Waals surface area contributed by atoms with Gasteiger partial charge in [-0.1, -0.05) is 12.2 Å². The highest BCUT2D eigenvalue weighted by atomic mass is 35.5. The Labute approximate surface area is 104 Å². The summed E-state index contributed by atoms with van der Waals surface area (Å²) in [5.74, 6) is 0.594. The first kappa shape index (κ1) is 11.8. The van der Waals surface area contributed by atoms with Gasteiger partial charge in [0.2, 0.25) is 5.28 Å². The number of anilines is 1. The zero-order valence-corrected chi connectivity index (χ0v) is 9.72. The molecule has 0 unspecified atom stereocenters. The maximum Gasteiger partial charge on any atom is 0.224 e. The van der Waals surface area contributed by atoms with Gasteiger partial charge in [-0.05, 0) is 18.0 Å². The molecule has 1 aromatic heterocycles. The van der Waals surface area contributed by atoms with Gasteiger partial charge in [0.15, 0.2) is 0 Å². The largest absolute Gasteiger partial charge is 0.396 e. The van der Waals surface area contributed by atoms with Gasteiger partial charge in [-0.2, -0.15) is 10.2 Å². The van der Waals surface area contributed by atoms with E-state index in [1.807, 2.05) is 18.2 Å². The SMILES string of the molecule is N#Cc1cnc(Cl)nc1N[C@@H]1C=C[C@H](CO)C1. The molecule has 5 nitrogen and oxygen atoms in total. The average molecular weight is 251 g/mol. The molecule has 2 rings (SSSR count). The molecule has 0 spiro atoms. The predicted octanol–water partition coefficient (Wildman–Crippen LogP) is 1.35. The van der Waals surface area contributed by atoms with E-state index < -0.39 is 0 Å². The maximum atomic E-state index is 9.02. The van der Waals surface area contributed by atoms with Crippen LogP contribution in [0.1, 0.15) is 12.0 Å². The van der Waals surface area contributed by atoms with Crippen LogP contribution in [0.4, 0.5) is 5.82 Å². The van der Waals surface area contributed by atoms with Gasteiger partial charge in [0, 0.05) is 18.6 Å². The van der Waals surface area contributed by atoms with E-state index in [9.17, 15) is 0 Å². The second kappa shape index (κ2) is 5.13. The average Bonchev–Trinajstić information content (AvgIpc) is 2.77. The molecule has 0 aliphatic heterocycles. The fraction of sp³-hybridized carbons (Fsp3) is 0.364. The quantitative estimate of drug-likeness (QED) is 0.625. The Morgan fingerprint density at radius 1 is 1.59 bits per heavy atom. The summed E-state index contributed by atoms with van der Waals surface area (Å²) in [6, 6.07) is 2.06. The van der Waals surface area contributed by atoms with E-state index in [-0.39, 0.29) is 23.9 Å². The summed E-state index contributed by atoms with van der Waals surface area (Å²) in [6.07, 6.45) is 6.08. The Morgan fingerprint density at radius 3 is 3.06 bits per heavy atom. The fourth-order valence-corrected chi connectivity index (χ4v) is 1.88. The molecule has 0 radical (unpaired) electrons. The van der Waals surface area contributed by atoms with E-state index in [1.54, 1.807) is 0 Å². The van der Waals surface area contributed by atoms with Gasteiger partial charge in [0.05, 0.1) is 6.20 Å². The smallest absolute Gasteiger partial charge is 0.224 e. The molecule has 0 saturated heterocycles. The minimum Gasteiger partial charge on any atom is -0.396 e. The number of nitrogens with one attached hydrogen (secondary N) is 1. The number of hydrogen-bond acceptors (Lipinski definition) is 5. The van der Waals surface area contributed by atoms with Crippen LogP contribution in [0.5, 0.6) is 0 Å². The Balaban J connectivity index is 2.12. The lowest BCUT2D eigenvalue weighted by molar-refractivity contribution is 0.250. The molecule has 0 aromatic carbocycles. The first-order valence-electron chi connectivity index (χ1n) is 5.21. The first-order valence-corrected chi connectivity index (χ1v) is 5.59. The van der Waals surface area contributed by atoms with Crippen LogP contribution >= 0.6 is 11.6 Å². The van der Waals surface area contributed by atoms with Gasteiger partial charge in [0.25, 0.3) is 0 Å². The van der Waals surface area contributed by atoms with Crippen LogP contribution in [-0.4, -0.2) is 27.7 Å². The third-order valence-electron chi connectivity index (χ3n) is 2.61. The van der Waals surface area contributed by atoms with Gasteiger partial charge in [-0.15, -0.1) is 0 Å². The molecule has 1 aromatic rings. The van der Waals surface area contributed by atoms with Crippen molar-refractivity contribution in [2.75, 3.05) is 11.9 Å². The van der Waals surface area contributed by atoms with Crippen molar-refractivity contribution in [1.29, 1.82) is 5.26 Å². The Hall–Kier alpha value is -1.64. The number of aromatic nitrogens is 2. The van der Waals surface area contributed by atoms with Gasteiger partial charge in [-0.25, -0.2) is 4.98 Å². The summed E-state index contributed by atoms with van der Waals surface area (Å²) >= 11 is 5.69. The van der Waals surface area contributed by atoms with Crippen LogP contribution in [0.15, 0.2) is 18.3 Å². The summed E-state index contributed by atoms with van der Waals surface area (Å²) in [5.41, 5.74) is 0.357. The van der Waals surface area contributed by atoms with Crippen LogP contribution in [0.3, 0.4) is 0 Å². The first-order chi connectivity index (χ1) is 8.22. The Morgan fingerprint density at radius 2 is 2.41 bits per heavy atom. The number of aliphatic hydroxyl groups is 1. The number of aliphatic hydroxyl groups excluding tert-OH is 1. The van der Waals surface area contributed by atoms with Crippen LogP contribution < -0.4 is 5.32 Å². The number of rotatable bonds is 3. The second-order valence-electron chi connectivity index (χ2n) is 3.83. The molecule has 0 amide bonds. The van der Waals surface area contributed by atoms with Crippen molar-refractivity contribution in [3.63, 3.8) is 0 Å². The minimum atomic E-state index is 0.0604. The maximum absolute atomic E-state index is 9.02. The van der Waals surface area contributed by atoms with Crippen LogP contribution in [0.2, 0.25) is 5.28 Å². The van der Waals surface area contributed by atoms with Crippen molar-refractivity contribution in [1.82, 2.24) is 9.97 Å². The van der Waals surface area contributed by atoms with Crippen molar-refractivity contribution in [3.05, 3.63) is 29.2 Å². The van der Waals surface area contributed by atoms with E-state index in [2.05, 4.69) is 15.3 Å². The van der Waals surface area contributed by atoms with Crippen LogP contribution in [0, 0.1) is 17.2 Å². The van der Waals surface area contributed by atoms with Crippen molar-refractivity contribution in [2.24, 2.45) is 5.92 Å². The molecule has 1 aliphatic rings. The Kier molecular flexibility index (Phi) is 3.57. The third-order valence-corrected chi connectivity index (χ3v) is 2.79. The molecule has 1 heterocycles. The van der Waals surface area contributed by atoms with Gasteiger partial charge < -0.3 is 10.4 Å². The lowest BCUT2D eigenvalue weighted by Crippen LogP contribution is -2.18. The lowest BCUT2D eigenvalue weighted by atomic mass is 10.1. The molecule has 0 fully saturated rings. The van der Waals surface area contributed by atoms with E-state index >= 15 is 0 Å². The highest BCUT2D eigenvalue weighted by Crippen LogP contribution is 2.22. The van der Waals surface area contributed by atoms with Crippen LogP contribution in [0.25, 0.3) is 0 Å². The summed E-state index contributed by atoms with van der Waals surface area (Å²) in [4.78, 5) is 7.73. The Bertz CT molecular complexity index is 483. The summed E-state index contributed by atoms with van der Waals surface area (Å²) < 4.78 is 0. The fourth-order valence-electron chi connectivity index (χ4n) is 1.74. The van der Waals surface area contributed by atoms with E-state index in [1.165, 1.54) is 6.20 Å². The highest BCUT2D eigenvalue weighted by molar-refractivity contribution is 6.28. The van der Waals surface area contributed by atoms with Crippen molar-refractivity contribution in [2.45, 2.75) is 12.5 Å². The van der Waals surface area contributed by atoms with Gasteiger partial charge >= 0.3 is 0 Å². The molecule has 2 atom stereocenters. The van der Waals surface area contributed by atoms with Gasteiger partial charge in [0.1, 0.15) is 17.5 Å². The van der Waals surface area contributed by atoms with E-state index in [0.29, 0.717) is 11.4 Å². The minimum absolute atomic E-state index is 0.0604. The summed E-state index contributed by atoms with van der Waals surface area (Å²) in [5, 5.41) is 21.1. The standard InChI is InChI=1S/C11H11ClN4O/c12-11-14-5-8(4-13)10(16-11)15-9-2-1-7(3-9)6-17/h1-2,5,7,9,17H,3,6H2,(H,14,15,16)/t7-,9+/m0/s1. The number of halogens is 1. The molecule has 6 heteroatoms. The number of nitrogens with zero attached hydrogens (tertiary/aromatic N) is 3. The molecule has 0 saturated carbocycles. The van der Waals surface area contributed by atoms with Crippen molar-refractivity contribution in [3.8, 4) is 6.07 Å². The monoisotopic (exact) mass is 250 g/mol. The molecular weight excluding hydrogens is 240 g/mol. The third kappa shape index (κ3) is 2.73. The van der Waals surface area contributed by atoms with Crippen LogP contribution in [-0.2, 0) is 0 Å². The molecule has 0 bridgehead atoms. The zero-order chi connectivity index (χ0) is 12.3. The molecule has 17 heavy (non-hydrogen) atoms. The second-order valence-corrected chi connectivity index (χ2v) is 4.17.